The van der Waals surface area contributed by atoms with Gasteiger partial charge in [0.05, 0.1) is 13.2 Å². The Morgan fingerprint density at radius 3 is 1.04 bits per heavy atom. The maximum absolute atomic E-state index is 12.7. The summed E-state index contributed by atoms with van der Waals surface area (Å²) < 4.78 is 33.0. The Morgan fingerprint density at radius 2 is 0.693 bits per heavy atom. The van der Waals surface area contributed by atoms with Crippen molar-refractivity contribution in [1.82, 2.24) is 0 Å². The molecule has 0 saturated heterocycles. The molecule has 10 heteroatoms. The van der Waals surface area contributed by atoms with Crippen molar-refractivity contribution < 1.29 is 37.6 Å². The standard InChI is InChI=1S/C65H126NO8P/c1-3-5-7-9-11-13-15-17-19-20-21-22-23-24-25-26-27-28-29-30-31-32-33-34-35-36-37-38-39-40-41-42-44-45-47-49-51-53-55-57-64(67)71-61-63(62-73-75(69,70)72-60-59-66)74-65(68)58-56-54-52-50-48-46-43-18-16-14-12-10-8-6-4-2/h12,14,18,43,63H,3-11,13,15-17,19-42,44-62,66H2,1-2H3,(H,69,70)/b14-12-,43-18-. The summed E-state index contributed by atoms with van der Waals surface area (Å²) in [6, 6.07) is 0. The zero-order valence-corrected chi connectivity index (χ0v) is 50.7. The summed E-state index contributed by atoms with van der Waals surface area (Å²) in [5.74, 6) is -0.828. The molecule has 2 unspecified atom stereocenters. The molecular weight excluding hydrogens is 954 g/mol. The van der Waals surface area contributed by atoms with Gasteiger partial charge in [0.1, 0.15) is 6.61 Å². The van der Waals surface area contributed by atoms with E-state index in [0.29, 0.717) is 6.42 Å². The summed E-state index contributed by atoms with van der Waals surface area (Å²) in [7, 11) is -4.39. The molecule has 0 bridgehead atoms. The first-order chi connectivity index (χ1) is 36.8. The van der Waals surface area contributed by atoms with Crippen molar-refractivity contribution in [3.8, 4) is 0 Å². The second-order valence-electron chi connectivity index (χ2n) is 22.3. The van der Waals surface area contributed by atoms with Gasteiger partial charge in [-0.15, -0.1) is 0 Å². The predicted molar refractivity (Wildman–Crippen MR) is 321 cm³/mol. The van der Waals surface area contributed by atoms with Gasteiger partial charge in [-0.2, -0.15) is 0 Å². The van der Waals surface area contributed by atoms with Crippen LogP contribution in [-0.2, 0) is 32.7 Å². The first-order valence-electron chi connectivity index (χ1n) is 32.8. The third-order valence-electron chi connectivity index (χ3n) is 14.8. The van der Waals surface area contributed by atoms with Gasteiger partial charge >= 0.3 is 19.8 Å². The normalized spacial score (nSPS) is 13.1. The molecule has 0 aliphatic carbocycles. The number of ether oxygens (including phenoxy) is 2. The number of phosphoric acid groups is 1. The molecule has 0 heterocycles. The lowest BCUT2D eigenvalue weighted by molar-refractivity contribution is -0.161. The summed E-state index contributed by atoms with van der Waals surface area (Å²) >= 11 is 0. The van der Waals surface area contributed by atoms with Crippen molar-refractivity contribution in [3.05, 3.63) is 24.3 Å². The van der Waals surface area contributed by atoms with Crippen molar-refractivity contribution in [3.63, 3.8) is 0 Å². The summed E-state index contributed by atoms with van der Waals surface area (Å²) in [4.78, 5) is 35.1. The molecule has 75 heavy (non-hydrogen) atoms. The lowest BCUT2D eigenvalue weighted by Gasteiger charge is -2.19. The monoisotopic (exact) mass is 1080 g/mol. The van der Waals surface area contributed by atoms with Crippen molar-refractivity contribution >= 4 is 19.8 Å². The number of phosphoric ester groups is 1. The topological polar surface area (TPSA) is 134 Å². The number of esters is 2. The third-order valence-corrected chi connectivity index (χ3v) is 15.8. The summed E-state index contributed by atoms with van der Waals surface area (Å²) in [6.45, 7) is 3.75. The molecule has 0 aromatic rings. The van der Waals surface area contributed by atoms with E-state index in [9.17, 15) is 19.0 Å². The Morgan fingerprint density at radius 1 is 0.400 bits per heavy atom. The average Bonchev–Trinajstić information content (AvgIpc) is 3.40. The van der Waals surface area contributed by atoms with Crippen LogP contribution in [0.5, 0.6) is 0 Å². The fourth-order valence-corrected chi connectivity index (χ4v) is 10.7. The van der Waals surface area contributed by atoms with Crippen LogP contribution < -0.4 is 5.73 Å². The molecule has 2 atom stereocenters. The summed E-state index contributed by atoms with van der Waals surface area (Å²) in [5, 5.41) is 0. The first kappa shape index (κ1) is 73.5. The molecule has 0 amide bonds. The molecule has 0 fully saturated rings. The van der Waals surface area contributed by atoms with E-state index in [-0.39, 0.29) is 38.6 Å². The van der Waals surface area contributed by atoms with E-state index in [1.54, 1.807) is 0 Å². The van der Waals surface area contributed by atoms with Crippen LogP contribution in [0.1, 0.15) is 348 Å². The van der Waals surface area contributed by atoms with E-state index in [2.05, 4.69) is 38.2 Å². The molecular formula is C65H126NO8P. The average molecular weight is 1080 g/mol. The number of hydrogen-bond donors (Lipinski definition) is 2. The predicted octanol–water partition coefficient (Wildman–Crippen LogP) is 21.0. The Labute approximate surface area is 465 Å². The Kier molecular flexibility index (Phi) is 60.5. The van der Waals surface area contributed by atoms with Gasteiger partial charge in [0.15, 0.2) is 6.10 Å². The van der Waals surface area contributed by atoms with Crippen LogP contribution in [0.2, 0.25) is 0 Å². The molecule has 0 radical (unpaired) electrons. The zero-order valence-electron chi connectivity index (χ0n) is 49.8. The number of rotatable bonds is 63. The van der Waals surface area contributed by atoms with E-state index in [1.165, 1.54) is 257 Å². The third kappa shape index (κ3) is 61.6. The Bertz CT molecular complexity index is 1280. The highest BCUT2D eigenvalue weighted by atomic mass is 31.2. The van der Waals surface area contributed by atoms with Crippen molar-refractivity contribution in [2.24, 2.45) is 5.73 Å². The van der Waals surface area contributed by atoms with Crippen molar-refractivity contribution in [2.45, 2.75) is 354 Å². The van der Waals surface area contributed by atoms with Crippen LogP contribution in [0.15, 0.2) is 24.3 Å². The molecule has 444 valence electrons. The lowest BCUT2D eigenvalue weighted by Crippen LogP contribution is -2.29. The van der Waals surface area contributed by atoms with Gasteiger partial charge in [0, 0.05) is 19.4 Å². The zero-order chi connectivity index (χ0) is 54.5. The highest BCUT2D eigenvalue weighted by molar-refractivity contribution is 7.47. The molecule has 0 aromatic carbocycles. The maximum atomic E-state index is 12.7. The van der Waals surface area contributed by atoms with Gasteiger partial charge in [0.2, 0.25) is 0 Å². The minimum atomic E-state index is -4.39. The molecule has 0 saturated carbocycles. The van der Waals surface area contributed by atoms with Crippen LogP contribution in [-0.4, -0.2) is 49.3 Å². The Balaban J connectivity index is 3.70. The highest BCUT2D eigenvalue weighted by Crippen LogP contribution is 2.43. The van der Waals surface area contributed by atoms with Gasteiger partial charge in [-0.3, -0.25) is 18.6 Å². The fourth-order valence-electron chi connectivity index (χ4n) is 9.97. The maximum Gasteiger partial charge on any atom is 0.472 e. The minimum Gasteiger partial charge on any atom is -0.462 e. The van der Waals surface area contributed by atoms with Gasteiger partial charge in [-0.1, -0.05) is 314 Å². The Hall–Kier alpha value is -1.51. The van der Waals surface area contributed by atoms with E-state index in [0.717, 1.165) is 57.8 Å². The highest BCUT2D eigenvalue weighted by Gasteiger charge is 2.26. The molecule has 0 spiro atoms. The molecule has 3 N–H and O–H groups in total. The number of carbonyl (C=O) groups is 2. The SMILES string of the molecule is CCCCC/C=C\C/C=C\CCCCCCCC(=O)OC(COC(=O)CCCCCCCCCCCCCCCCCCCCCCCCCCCCCCCCCCCCCCCCC)COP(=O)(O)OCCN. The van der Waals surface area contributed by atoms with E-state index in [1.807, 2.05) is 0 Å². The lowest BCUT2D eigenvalue weighted by atomic mass is 10.0. The number of nitrogens with two attached hydrogens (primary N) is 1. The van der Waals surface area contributed by atoms with E-state index < -0.39 is 26.5 Å². The quantitative estimate of drug-likeness (QED) is 0.0264. The van der Waals surface area contributed by atoms with Gasteiger partial charge in [-0.05, 0) is 44.9 Å². The molecule has 0 aromatic heterocycles. The molecule has 0 aliphatic rings. The van der Waals surface area contributed by atoms with Gasteiger partial charge in [-0.25, -0.2) is 4.57 Å². The second kappa shape index (κ2) is 61.7. The fraction of sp³-hybridized carbons (Fsp3) is 0.908. The van der Waals surface area contributed by atoms with Crippen LogP contribution in [0.4, 0.5) is 0 Å². The van der Waals surface area contributed by atoms with E-state index >= 15 is 0 Å². The van der Waals surface area contributed by atoms with Crippen LogP contribution in [0.3, 0.4) is 0 Å². The van der Waals surface area contributed by atoms with E-state index in [4.69, 9.17) is 24.3 Å². The first-order valence-corrected chi connectivity index (χ1v) is 34.3. The second-order valence-corrected chi connectivity index (χ2v) is 23.8. The summed E-state index contributed by atoms with van der Waals surface area (Å²) in [5.41, 5.74) is 5.38. The van der Waals surface area contributed by atoms with Crippen molar-refractivity contribution in [1.29, 1.82) is 0 Å². The largest absolute Gasteiger partial charge is 0.472 e. The van der Waals surface area contributed by atoms with Crippen LogP contribution in [0.25, 0.3) is 0 Å². The number of allylic oxidation sites excluding steroid dienone is 4. The number of hydrogen-bond acceptors (Lipinski definition) is 8. The minimum absolute atomic E-state index is 0.0529. The molecule has 0 rings (SSSR count). The summed E-state index contributed by atoms with van der Waals surface area (Å²) in [6.07, 6.45) is 74.4. The van der Waals surface area contributed by atoms with Crippen molar-refractivity contribution in [2.75, 3.05) is 26.4 Å². The molecule has 9 nitrogen and oxygen atoms in total. The number of carbonyl (C=O) groups excluding carboxylic acids is 2. The van der Waals surface area contributed by atoms with Gasteiger partial charge < -0.3 is 20.1 Å². The van der Waals surface area contributed by atoms with Crippen LogP contribution >= 0.6 is 7.82 Å². The van der Waals surface area contributed by atoms with Gasteiger partial charge in [0.25, 0.3) is 0 Å². The smallest absolute Gasteiger partial charge is 0.462 e. The number of unbranched alkanes of at least 4 members (excludes halogenated alkanes) is 46. The van der Waals surface area contributed by atoms with Crippen LogP contribution in [0, 0.1) is 0 Å². The molecule has 0 aliphatic heterocycles.